The molecule has 62 valence electrons. The Hall–Kier alpha value is -1.17. The second kappa shape index (κ2) is 2.41. The summed E-state index contributed by atoms with van der Waals surface area (Å²) in [6, 6.07) is 0. The Morgan fingerprint density at radius 3 is 3.17 bits per heavy atom. The maximum absolute atomic E-state index is 11.0. The summed E-state index contributed by atoms with van der Waals surface area (Å²) in [5.74, 6) is 0.925. The second-order valence-corrected chi connectivity index (χ2v) is 3.37. The van der Waals surface area contributed by atoms with E-state index in [2.05, 4.69) is 10.1 Å². The molecule has 0 spiro atoms. The van der Waals surface area contributed by atoms with Gasteiger partial charge in [-0.05, 0) is 6.92 Å². The zero-order valence-corrected chi connectivity index (χ0v) is 7.18. The number of nitrogens with zero attached hydrogens (tertiary/aromatic N) is 3. The molecule has 1 aliphatic heterocycles. The minimum absolute atomic E-state index is 0.302. The first-order valence-corrected chi connectivity index (χ1v) is 4.35. The van der Waals surface area contributed by atoms with Gasteiger partial charge in [-0.15, -0.1) is 0 Å². The molecule has 0 aliphatic carbocycles. The fourth-order valence-electron chi connectivity index (χ4n) is 0.914. The van der Waals surface area contributed by atoms with Crippen LogP contribution in [0.15, 0.2) is 9.95 Å². The molecule has 0 radical (unpaired) electrons. The lowest BCUT2D eigenvalue weighted by atomic mass is 10.5. The summed E-state index contributed by atoms with van der Waals surface area (Å²) in [6.07, 6.45) is 0. The summed E-state index contributed by atoms with van der Waals surface area (Å²) in [4.78, 5) is 14.8. The third-order valence-corrected chi connectivity index (χ3v) is 2.47. The Balaban J connectivity index is 2.72. The third-order valence-electron chi connectivity index (χ3n) is 1.53. The van der Waals surface area contributed by atoms with E-state index in [1.54, 1.807) is 6.92 Å². The summed E-state index contributed by atoms with van der Waals surface area (Å²) < 4.78 is 1.40. The first-order chi connectivity index (χ1) is 5.68. The highest BCUT2D eigenvalue weighted by molar-refractivity contribution is 8.00. The Morgan fingerprint density at radius 2 is 2.42 bits per heavy atom. The van der Waals surface area contributed by atoms with E-state index in [1.807, 2.05) is 0 Å². The molecule has 12 heavy (non-hydrogen) atoms. The van der Waals surface area contributed by atoms with Crippen LogP contribution in [0.5, 0.6) is 0 Å². The predicted molar refractivity (Wildman–Crippen MR) is 44.9 cm³/mol. The smallest absolute Gasteiger partial charge is 0.286 e. The summed E-state index contributed by atoms with van der Waals surface area (Å²) in [6.45, 7) is 1.60. The van der Waals surface area contributed by atoms with E-state index >= 15 is 0 Å². The van der Waals surface area contributed by atoms with Crippen LogP contribution in [-0.2, 0) is 0 Å². The zero-order valence-electron chi connectivity index (χ0n) is 6.37. The minimum Gasteiger partial charge on any atom is -0.286 e. The summed E-state index contributed by atoms with van der Waals surface area (Å²) in [5.41, 5.74) is 0.0365. The number of fused-ring (bicyclic) bond motifs is 1. The summed E-state index contributed by atoms with van der Waals surface area (Å²) >= 11 is 1.36. The highest BCUT2D eigenvalue weighted by Gasteiger charge is 2.18. The van der Waals surface area contributed by atoms with Crippen LogP contribution in [0.1, 0.15) is 5.69 Å². The van der Waals surface area contributed by atoms with E-state index in [0.29, 0.717) is 22.4 Å². The van der Waals surface area contributed by atoms with Crippen LogP contribution in [-0.4, -0.2) is 26.4 Å². The Labute approximate surface area is 72.3 Å². The molecule has 0 atom stereocenters. The standard InChI is InChI=1S/C6H6N4OS/c1-3-5(11)8-6-10(9-3)4(7)2-12-6/h7H,2H2,1H3. The largest absolute Gasteiger partial charge is 0.295 e. The van der Waals surface area contributed by atoms with Gasteiger partial charge in [-0.1, -0.05) is 11.8 Å². The molecule has 0 fully saturated rings. The van der Waals surface area contributed by atoms with E-state index in [-0.39, 0.29) is 5.56 Å². The Bertz CT molecular complexity index is 410. The van der Waals surface area contributed by atoms with Crippen LogP contribution in [0, 0.1) is 12.3 Å². The van der Waals surface area contributed by atoms with Crippen LogP contribution >= 0.6 is 11.8 Å². The van der Waals surface area contributed by atoms with Crippen molar-refractivity contribution < 1.29 is 0 Å². The second-order valence-electron chi connectivity index (χ2n) is 2.43. The normalized spacial score (nSPS) is 14.9. The van der Waals surface area contributed by atoms with Gasteiger partial charge in [-0.2, -0.15) is 14.8 Å². The number of aryl methyl sites for hydroxylation is 1. The average molecular weight is 182 g/mol. The molecule has 1 aliphatic rings. The first kappa shape index (κ1) is 7.48. The molecule has 0 saturated heterocycles. The number of hydrogen-bond acceptors (Lipinski definition) is 5. The van der Waals surface area contributed by atoms with Crippen molar-refractivity contribution in [2.75, 3.05) is 5.75 Å². The van der Waals surface area contributed by atoms with Crippen molar-refractivity contribution >= 4 is 17.6 Å². The highest BCUT2D eigenvalue weighted by Crippen LogP contribution is 2.19. The molecule has 2 heterocycles. The third kappa shape index (κ3) is 0.953. The van der Waals surface area contributed by atoms with E-state index in [0.717, 1.165) is 0 Å². The molecule has 0 unspecified atom stereocenters. The predicted octanol–water partition coefficient (Wildman–Crippen LogP) is -0.122. The van der Waals surface area contributed by atoms with Crippen LogP contribution in [0.4, 0.5) is 0 Å². The van der Waals surface area contributed by atoms with Gasteiger partial charge in [0.2, 0.25) is 0 Å². The van der Waals surface area contributed by atoms with E-state index < -0.39 is 0 Å². The summed E-state index contributed by atoms with van der Waals surface area (Å²) in [5, 5.41) is 11.9. The molecule has 0 amide bonds. The molecule has 0 saturated carbocycles. The van der Waals surface area contributed by atoms with Crippen LogP contribution in [0.2, 0.25) is 0 Å². The van der Waals surface area contributed by atoms with Gasteiger partial charge in [0.15, 0.2) is 5.16 Å². The molecule has 1 aromatic rings. The van der Waals surface area contributed by atoms with Crippen molar-refractivity contribution in [3.8, 4) is 0 Å². The molecule has 1 aromatic heterocycles. The monoisotopic (exact) mass is 182 g/mol. The number of thioether (sulfide) groups is 1. The van der Waals surface area contributed by atoms with Crippen LogP contribution < -0.4 is 5.56 Å². The van der Waals surface area contributed by atoms with Gasteiger partial charge in [0.25, 0.3) is 5.56 Å². The highest BCUT2D eigenvalue weighted by atomic mass is 32.2. The van der Waals surface area contributed by atoms with E-state index in [9.17, 15) is 4.79 Å². The van der Waals surface area contributed by atoms with Crippen LogP contribution in [0.3, 0.4) is 0 Å². The number of hydrogen-bond donors (Lipinski definition) is 1. The Kier molecular flexibility index (Phi) is 1.50. The maximum atomic E-state index is 11.0. The van der Waals surface area contributed by atoms with Gasteiger partial charge < -0.3 is 0 Å². The first-order valence-electron chi connectivity index (χ1n) is 3.37. The number of nitrogens with one attached hydrogen (secondary N) is 1. The lowest BCUT2D eigenvalue weighted by Crippen LogP contribution is -2.21. The fourth-order valence-corrected chi connectivity index (χ4v) is 1.72. The fraction of sp³-hybridized carbons (Fsp3) is 0.333. The number of rotatable bonds is 0. The average Bonchev–Trinajstić information content (AvgIpc) is 2.35. The molecule has 5 nitrogen and oxygen atoms in total. The van der Waals surface area contributed by atoms with Gasteiger partial charge in [0, 0.05) is 0 Å². The topological polar surface area (TPSA) is 71.6 Å². The van der Waals surface area contributed by atoms with E-state index in [1.165, 1.54) is 16.4 Å². The SMILES string of the molecule is Cc1nn2c(nc1=O)SCC2=N. The maximum Gasteiger partial charge on any atom is 0.295 e. The lowest BCUT2D eigenvalue weighted by molar-refractivity contribution is 0.709. The van der Waals surface area contributed by atoms with Crippen molar-refractivity contribution in [2.24, 2.45) is 0 Å². The molecule has 6 heteroatoms. The lowest BCUT2D eigenvalue weighted by Gasteiger charge is -1.99. The van der Waals surface area contributed by atoms with Crippen molar-refractivity contribution in [2.45, 2.75) is 12.1 Å². The van der Waals surface area contributed by atoms with Crippen molar-refractivity contribution in [1.82, 2.24) is 14.8 Å². The zero-order chi connectivity index (χ0) is 8.72. The number of aromatic nitrogens is 3. The minimum atomic E-state index is -0.302. The molecular formula is C6H6N4OS. The van der Waals surface area contributed by atoms with Gasteiger partial charge in [-0.3, -0.25) is 10.2 Å². The van der Waals surface area contributed by atoms with Gasteiger partial charge in [0.1, 0.15) is 11.5 Å². The quantitative estimate of drug-likeness (QED) is 0.607. The Morgan fingerprint density at radius 1 is 1.67 bits per heavy atom. The molecule has 0 aromatic carbocycles. The molecule has 0 bridgehead atoms. The summed E-state index contributed by atoms with van der Waals surface area (Å²) in [7, 11) is 0. The van der Waals surface area contributed by atoms with Gasteiger partial charge in [0.05, 0.1) is 5.75 Å². The van der Waals surface area contributed by atoms with Crippen molar-refractivity contribution in [3.63, 3.8) is 0 Å². The molecular weight excluding hydrogens is 176 g/mol. The van der Waals surface area contributed by atoms with Gasteiger partial charge >= 0.3 is 0 Å². The van der Waals surface area contributed by atoms with Gasteiger partial charge in [-0.25, -0.2) is 0 Å². The molecule has 1 N–H and O–H groups in total. The van der Waals surface area contributed by atoms with E-state index in [4.69, 9.17) is 5.41 Å². The molecule has 2 rings (SSSR count). The van der Waals surface area contributed by atoms with Crippen LogP contribution in [0.25, 0.3) is 0 Å². The van der Waals surface area contributed by atoms with Crippen molar-refractivity contribution in [3.05, 3.63) is 16.0 Å². The van der Waals surface area contributed by atoms with Crippen molar-refractivity contribution in [1.29, 1.82) is 5.41 Å².